The summed E-state index contributed by atoms with van der Waals surface area (Å²) >= 11 is 0. The minimum absolute atomic E-state index is 0.0581. The molecule has 3 N–H and O–H groups in total. The number of likely N-dealkylation sites (tertiary alicyclic amines) is 1. The van der Waals surface area contributed by atoms with Gasteiger partial charge in [0, 0.05) is 24.7 Å². The zero-order chi connectivity index (χ0) is 22.7. The van der Waals surface area contributed by atoms with Gasteiger partial charge in [0.15, 0.2) is 11.6 Å². The monoisotopic (exact) mass is 430 g/mol. The molecule has 30 heavy (non-hydrogen) atoms. The summed E-state index contributed by atoms with van der Waals surface area (Å²) in [4.78, 5) is 43.9. The van der Waals surface area contributed by atoms with Crippen molar-refractivity contribution < 1.29 is 42.9 Å². The predicted molar refractivity (Wildman–Crippen MR) is 101 cm³/mol. The number of ether oxygens (including phenoxy) is 1. The molecule has 1 aromatic carbocycles. The zero-order valence-corrected chi connectivity index (χ0v) is 16.4. The quantitative estimate of drug-likeness (QED) is 0.459. The minimum Gasteiger partial charge on any atom is -0.473 e. The van der Waals surface area contributed by atoms with Gasteiger partial charge in [0.25, 0.3) is 0 Å². The van der Waals surface area contributed by atoms with Crippen LogP contribution >= 0.6 is 0 Å². The highest BCUT2D eigenvalue weighted by Crippen LogP contribution is 2.19. The maximum Gasteiger partial charge on any atom is 0.414 e. The topological polar surface area (TPSA) is 133 Å². The standard InChI is InChI=1S/C17H22F2N2O3.C2H2O4/c1-2-24-17(23)12-5-8-21(9-6-12)10-7-16(22)20-13-3-4-14(18)15(19)11-13;3-1(4)2(5)6/h3-4,11-12H,2,5-10H2,1H3,(H,20,22);(H,3,4)(H,5,6). The maximum absolute atomic E-state index is 13.1. The Kier molecular flexibility index (Phi) is 10.4. The summed E-state index contributed by atoms with van der Waals surface area (Å²) in [5, 5.41) is 17.3. The summed E-state index contributed by atoms with van der Waals surface area (Å²) in [5.41, 5.74) is 0.236. The Hall–Kier alpha value is -3.08. The summed E-state index contributed by atoms with van der Waals surface area (Å²) < 4.78 is 30.9. The third kappa shape index (κ3) is 8.95. The molecule has 1 aliphatic rings. The lowest BCUT2D eigenvalue weighted by atomic mass is 9.97. The fraction of sp³-hybridized carbons (Fsp3) is 0.474. The number of carbonyl (C=O) groups excluding carboxylic acids is 2. The van der Waals surface area contributed by atoms with Crippen LogP contribution in [0.1, 0.15) is 26.2 Å². The summed E-state index contributed by atoms with van der Waals surface area (Å²) in [7, 11) is 0. The number of carboxylic acids is 2. The summed E-state index contributed by atoms with van der Waals surface area (Å²) in [6.45, 7) is 4.22. The van der Waals surface area contributed by atoms with Crippen LogP contribution in [0.2, 0.25) is 0 Å². The maximum atomic E-state index is 13.1. The number of nitrogens with zero attached hydrogens (tertiary/aromatic N) is 1. The summed E-state index contributed by atoms with van der Waals surface area (Å²) in [6.07, 6.45) is 1.70. The molecule has 0 saturated carbocycles. The second-order valence-corrected chi connectivity index (χ2v) is 6.41. The van der Waals surface area contributed by atoms with E-state index in [-0.39, 0.29) is 29.9 Å². The lowest BCUT2D eigenvalue weighted by Gasteiger charge is -2.30. The highest BCUT2D eigenvalue weighted by Gasteiger charge is 2.25. The average Bonchev–Trinajstić information content (AvgIpc) is 2.70. The van der Waals surface area contributed by atoms with E-state index in [0.717, 1.165) is 38.1 Å². The van der Waals surface area contributed by atoms with E-state index in [4.69, 9.17) is 24.5 Å². The van der Waals surface area contributed by atoms with Gasteiger partial charge in [-0.1, -0.05) is 0 Å². The van der Waals surface area contributed by atoms with Gasteiger partial charge in [-0.3, -0.25) is 9.59 Å². The molecule has 9 nitrogen and oxygen atoms in total. The molecule has 0 unspecified atom stereocenters. The Morgan fingerprint density at radius 2 is 1.70 bits per heavy atom. The second kappa shape index (κ2) is 12.5. The predicted octanol–water partition coefficient (Wildman–Crippen LogP) is 1.72. The van der Waals surface area contributed by atoms with Crippen molar-refractivity contribution in [2.45, 2.75) is 26.2 Å². The number of benzene rings is 1. The number of halogens is 2. The number of hydrogen-bond donors (Lipinski definition) is 3. The molecule has 11 heteroatoms. The van der Waals surface area contributed by atoms with E-state index in [1.807, 2.05) is 0 Å². The molecule has 2 rings (SSSR count). The van der Waals surface area contributed by atoms with E-state index in [1.165, 1.54) is 6.07 Å². The van der Waals surface area contributed by atoms with E-state index in [2.05, 4.69) is 10.2 Å². The van der Waals surface area contributed by atoms with E-state index in [1.54, 1.807) is 6.92 Å². The van der Waals surface area contributed by atoms with Crippen LogP contribution in [0.5, 0.6) is 0 Å². The van der Waals surface area contributed by atoms with Crippen molar-refractivity contribution in [3.8, 4) is 0 Å². The van der Waals surface area contributed by atoms with Gasteiger partial charge in [0.2, 0.25) is 5.91 Å². The Morgan fingerprint density at radius 3 is 2.20 bits per heavy atom. The van der Waals surface area contributed by atoms with Gasteiger partial charge in [0.05, 0.1) is 12.5 Å². The van der Waals surface area contributed by atoms with Gasteiger partial charge in [-0.15, -0.1) is 0 Å². The molecule has 0 atom stereocenters. The molecule has 0 spiro atoms. The zero-order valence-electron chi connectivity index (χ0n) is 16.4. The van der Waals surface area contributed by atoms with E-state index >= 15 is 0 Å². The number of anilines is 1. The Labute approximate surface area is 171 Å². The van der Waals surface area contributed by atoms with Gasteiger partial charge >= 0.3 is 17.9 Å². The Balaban J connectivity index is 0.000000656. The van der Waals surface area contributed by atoms with Crippen LogP contribution in [-0.4, -0.2) is 65.2 Å². The molecule has 1 aromatic rings. The van der Waals surface area contributed by atoms with Gasteiger partial charge in [-0.2, -0.15) is 0 Å². The van der Waals surface area contributed by atoms with Crippen LogP contribution in [0, 0.1) is 17.6 Å². The molecular formula is C19H24F2N2O7. The number of amides is 1. The van der Waals surface area contributed by atoms with Gasteiger partial charge in [-0.05, 0) is 45.0 Å². The van der Waals surface area contributed by atoms with Crippen molar-refractivity contribution in [3.05, 3.63) is 29.8 Å². The molecule has 0 aliphatic carbocycles. The number of nitrogens with one attached hydrogen (secondary N) is 1. The molecule has 1 saturated heterocycles. The van der Waals surface area contributed by atoms with E-state index in [9.17, 15) is 18.4 Å². The molecule has 1 fully saturated rings. The summed E-state index contributed by atoms with van der Waals surface area (Å²) in [6, 6.07) is 3.25. The first-order chi connectivity index (χ1) is 14.1. The molecule has 0 aromatic heterocycles. The second-order valence-electron chi connectivity index (χ2n) is 6.41. The smallest absolute Gasteiger partial charge is 0.414 e. The number of carbonyl (C=O) groups is 4. The average molecular weight is 430 g/mol. The molecule has 1 amide bonds. The first-order valence-corrected chi connectivity index (χ1v) is 9.24. The van der Waals surface area contributed by atoms with Crippen molar-refractivity contribution in [3.63, 3.8) is 0 Å². The molecule has 166 valence electrons. The van der Waals surface area contributed by atoms with Crippen molar-refractivity contribution in [1.29, 1.82) is 0 Å². The Bertz CT molecular complexity index is 753. The molecule has 1 aliphatic heterocycles. The summed E-state index contributed by atoms with van der Waals surface area (Å²) in [5.74, 6) is -6.05. The van der Waals surface area contributed by atoms with Crippen molar-refractivity contribution in [1.82, 2.24) is 4.90 Å². The van der Waals surface area contributed by atoms with Gasteiger partial charge in [-0.25, -0.2) is 18.4 Å². The SMILES string of the molecule is CCOC(=O)C1CCN(CCC(=O)Nc2ccc(F)c(F)c2)CC1.O=C(O)C(=O)O. The first kappa shape index (κ1) is 25.0. The largest absolute Gasteiger partial charge is 0.473 e. The van der Waals surface area contributed by atoms with Crippen molar-refractivity contribution >= 4 is 29.5 Å². The number of hydrogen-bond acceptors (Lipinski definition) is 6. The van der Waals surface area contributed by atoms with Crippen molar-refractivity contribution in [2.75, 3.05) is 31.6 Å². The molecule has 0 bridgehead atoms. The van der Waals surface area contributed by atoms with Gasteiger partial charge < -0.3 is 25.2 Å². The lowest BCUT2D eigenvalue weighted by Crippen LogP contribution is -2.38. The fourth-order valence-electron chi connectivity index (χ4n) is 2.71. The van der Waals surface area contributed by atoms with Crippen LogP contribution in [0.25, 0.3) is 0 Å². The van der Waals surface area contributed by atoms with Crippen LogP contribution < -0.4 is 5.32 Å². The number of rotatable bonds is 6. The molecule has 0 radical (unpaired) electrons. The number of carboxylic acid groups (broad SMARTS) is 2. The number of piperidine rings is 1. The van der Waals surface area contributed by atoms with E-state index < -0.39 is 23.6 Å². The highest BCUT2D eigenvalue weighted by atomic mass is 19.2. The van der Waals surface area contributed by atoms with E-state index in [0.29, 0.717) is 13.2 Å². The van der Waals surface area contributed by atoms with Crippen molar-refractivity contribution in [2.24, 2.45) is 5.92 Å². The van der Waals surface area contributed by atoms with Crippen LogP contribution in [0.15, 0.2) is 18.2 Å². The van der Waals surface area contributed by atoms with Crippen LogP contribution in [-0.2, 0) is 23.9 Å². The molecular weight excluding hydrogens is 406 g/mol. The third-order valence-electron chi connectivity index (χ3n) is 4.25. The van der Waals surface area contributed by atoms with Crippen LogP contribution in [0.3, 0.4) is 0 Å². The fourth-order valence-corrected chi connectivity index (χ4v) is 2.71. The lowest BCUT2D eigenvalue weighted by molar-refractivity contribution is -0.159. The Morgan fingerprint density at radius 1 is 1.10 bits per heavy atom. The van der Waals surface area contributed by atoms with Crippen LogP contribution in [0.4, 0.5) is 14.5 Å². The van der Waals surface area contributed by atoms with Gasteiger partial charge in [0.1, 0.15) is 0 Å². The number of aliphatic carboxylic acids is 2. The minimum atomic E-state index is -1.82. The third-order valence-corrected chi connectivity index (χ3v) is 4.25. The normalized spacial score (nSPS) is 14.2. The molecule has 1 heterocycles. The number of esters is 1. The highest BCUT2D eigenvalue weighted by molar-refractivity contribution is 6.27. The first-order valence-electron chi connectivity index (χ1n) is 9.24.